The van der Waals surface area contributed by atoms with Crippen molar-refractivity contribution >= 4 is 24.4 Å². The molecular formula is C44H69NO12Si. The first-order chi connectivity index (χ1) is 28.4. The first-order valence-electron chi connectivity index (χ1n) is 20.4. The zero-order valence-corrected chi connectivity index (χ0v) is 36.1. The fourth-order valence-corrected chi connectivity index (χ4v) is 10.4. The number of nitrogens with two attached hydrogens (primary N) is 1. The Morgan fingerprint density at radius 3 is 0.931 bits per heavy atom. The van der Waals surface area contributed by atoms with Crippen LogP contribution in [-0.2, 0) is 51.8 Å². The Morgan fingerprint density at radius 2 is 0.638 bits per heavy atom. The molecule has 3 rings (SSSR count). The number of benzene rings is 3. The largest absolute Gasteiger partial charge is 0.491 e. The van der Waals surface area contributed by atoms with E-state index in [4.69, 9.17) is 62.3 Å². The van der Waals surface area contributed by atoms with E-state index in [1.54, 1.807) is 12.1 Å². The van der Waals surface area contributed by atoms with Crippen molar-refractivity contribution in [2.75, 3.05) is 151 Å². The molecule has 0 atom stereocenters. The lowest BCUT2D eigenvalue weighted by atomic mass is 10.2. The monoisotopic (exact) mass is 831 g/mol. The third-order valence-electron chi connectivity index (χ3n) is 8.69. The number of nitrogen functional groups attached to an aromatic ring is 1. The predicted molar refractivity (Wildman–Crippen MR) is 228 cm³/mol. The molecule has 2 N–H and O–H groups in total. The third kappa shape index (κ3) is 21.3. The standard InChI is InChI=1S/C44H69NO12Si/c1-44(2,3)58(42-10-6-4-7-11-42,43-12-8-5-9-13-43)57-39-37-55-35-33-53-31-29-51-27-25-49-23-21-47-19-18-46-20-22-48-24-26-50-28-30-52-32-34-54-36-38-56-41-16-14-40(45)15-17-41/h4-17H,18-39,45H2,1-3H3. The Kier molecular flexibility index (Phi) is 27.2. The van der Waals surface area contributed by atoms with Crippen molar-refractivity contribution < 1.29 is 56.5 Å². The van der Waals surface area contributed by atoms with Gasteiger partial charge in [-0.15, -0.1) is 0 Å². The first-order valence-corrected chi connectivity index (χ1v) is 22.3. The summed E-state index contributed by atoms with van der Waals surface area (Å²) in [6, 6.07) is 28.5. The van der Waals surface area contributed by atoms with Gasteiger partial charge < -0.3 is 62.3 Å². The number of ether oxygens (including phenoxy) is 11. The van der Waals surface area contributed by atoms with Crippen molar-refractivity contribution in [3.63, 3.8) is 0 Å². The lowest BCUT2D eigenvalue weighted by Gasteiger charge is -2.43. The van der Waals surface area contributed by atoms with Gasteiger partial charge in [0.2, 0.25) is 0 Å². The van der Waals surface area contributed by atoms with E-state index in [0.717, 1.165) is 5.75 Å². The van der Waals surface area contributed by atoms with E-state index >= 15 is 0 Å². The van der Waals surface area contributed by atoms with Crippen LogP contribution in [0.5, 0.6) is 5.75 Å². The molecule has 0 aliphatic heterocycles. The highest BCUT2D eigenvalue weighted by Crippen LogP contribution is 2.36. The minimum absolute atomic E-state index is 0.0593. The van der Waals surface area contributed by atoms with E-state index < -0.39 is 8.32 Å². The molecule has 3 aromatic carbocycles. The zero-order valence-electron chi connectivity index (χ0n) is 35.1. The summed E-state index contributed by atoms with van der Waals surface area (Å²) in [4.78, 5) is 0. The van der Waals surface area contributed by atoms with Crippen molar-refractivity contribution in [2.45, 2.75) is 25.8 Å². The molecule has 0 radical (unpaired) electrons. The number of hydrogen-bond acceptors (Lipinski definition) is 13. The normalized spacial score (nSPS) is 12.0. The molecule has 14 heteroatoms. The number of anilines is 1. The summed E-state index contributed by atoms with van der Waals surface area (Å²) < 4.78 is 68.1. The van der Waals surface area contributed by atoms with Crippen LogP contribution in [-0.4, -0.2) is 154 Å². The molecule has 0 saturated carbocycles. The van der Waals surface area contributed by atoms with Crippen molar-refractivity contribution in [2.24, 2.45) is 0 Å². The Labute approximate surface area is 347 Å². The number of hydrogen-bond donors (Lipinski definition) is 1. The molecule has 0 aliphatic rings. The van der Waals surface area contributed by atoms with Gasteiger partial charge in [-0.25, -0.2) is 0 Å². The Morgan fingerprint density at radius 1 is 0.362 bits per heavy atom. The van der Waals surface area contributed by atoms with Gasteiger partial charge in [0.05, 0.1) is 139 Å². The summed E-state index contributed by atoms with van der Waals surface area (Å²) in [5, 5.41) is 2.47. The zero-order chi connectivity index (χ0) is 41.3. The van der Waals surface area contributed by atoms with Crippen LogP contribution >= 0.6 is 0 Å². The first kappa shape index (κ1) is 49.4. The van der Waals surface area contributed by atoms with Crippen LogP contribution in [0.1, 0.15) is 20.8 Å². The molecule has 0 spiro atoms. The molecule has 0 aromatic heterocycles. The second kappa shape index (κ2) is 31.9. The maximum atomic E-state index is 6.85. The van der Waals surface area contributed by atoms with Gasteiger partial charge in [-0.1, -0.05) is 81.4 Å². The van der Waals surface area contributed by atoms with Crippen LogP contribution in [0.2, 0.25) is 5.04 Å². The van der Waals surface area contributed by atoms with Crippen LogP contribution in [0.3, 0.4) is 0 Å². The van der Waals surface area contributed by atoms with E-state index in [-0.39, 0.29) is 5.04 Å². The van der Waals surface area contributed by atoms with Crippen LogP contribution < -0.4 is 20.8 Å². The molecule has 326 valence electrons. The molecular weight excluding hydrogens is 763 g/mol. The molecule has 0 bridgehead atoms. The minimum Gasteiger partial charge on any atom is -0.491 e. The lowest BCUT2D eigenvalue weighted by molar-refractivity contribution is -0.0270. The van der Waals surface area contributed by atoms with E-state index in [9.17, 15) is 0 Å². The molecule has 58 heavy (non-hydrogen) atoms. The second-order valence-electron chi connectivity index (χ2n) is 14.1. The van der Waals surface area contributed by atoms with Crippen molar-refractivity contribution in [3.8, 4) is 5.75 Å². The summed E-state index contributed by atoms with van der Waals surface area (Å²) in [5.74, 6) is 0.771. The number of rotatable bonds is 37. The predicted octanol–water partition coefficient (Wildman–Crippen LogP) is 4.39. The Bertz CT molecular complexity index is 1330. The Hall–Kier alpha value is -2.96. The van der Waals surface area contributed by atoms with Gasteiger partial charge in [0.25, 0.3) is 8.32 Å². The van der Waals surface area contributed by atoms with Gasteiger partial charge >= 0.3 is 0 Å². The van der Waals surface area contributed by atoms with E-state index in [2.05, 4.69) is 81.4 Å². The van der Waals surface area contributed by atoms with E-state index in [1.807, 2.05) is 12.1 Å². The minimum atomic E-state index is -2.54. The molecule has 0 fully saturated rings. The summed E-state index contributed by atoms with van der Waals surface area (Å²) in [6.07, 6.45) is 0. The fourth-order valence-electron chi connectivity index (χ4n) is 5.88. The van der Waals surface area contributed by atoms with Crippen LogP contribution in [0.25, 0.3) is 0 Å². The van der Waals surface area contributed by atoms with Gasteiger partial charge in [0.15, 0.2) is 0 Å². The molecule has 0 aliphatic carbocycles. The topological polar surface area (TPSA) is 137 Å². The van der Waals surface area contributed by atoms with Gasteiger partial charge in [-0.2, -0.15) is 0 Å². The summed E-state index contributed by atoms with van der Waals surface area (Å²) >= 11 is 0. The molecule has 0 amide bonds. The summed E-state index contributed by atoms with van der Waals surface area (Å²) in [6.45, 7) is 17.9. The van der Waals surface area contributed by atoms with E-state index in [0.29, 0.717) is 151 Å². The maximum Gasteiger partial charge on any atom is 0.261 e. The fraction of sp³-hybridized carbons (Fsp3) is 0.591. The van der Waals surface area contributed by atoms with Gasteiger partial charge in [-0.05, 0) is 39.7 Å². The highest BCUT2D eigenvalue weighted by Gasteiger charge is 2.50. The SMILES string of the molecule is CC(C)(C)[Si](OCCOCCOCCOCCOCCOCCOCCOCCOCCOCCOCCOc1ccc(N)cc1)(c1ccccc1)c1ccccc1. The molecule has 0 saturated heterocycles. The van der Waals surface area contributed by atoms with Gasteiger partial charge in [-0.3, -0.25) is 0 Å². The highest BCUT2D eigenvalue weighted by atomic mass is 28.4. The molecule has 13 nitrogen and oxygen atoms in total. The average Bonchev–Trinajstić information content (AvgIpc) is 3.23. The summed E-state index contributed by atoms with van der Waals surface area (Å²) in [5.41, 5.74) is 6.36. The van der Waals surface area contributed by atoms with Crippen LogP contribution in [0.4, 0.5) is 5.69 Å². The lowest BCUT2D eigenvalue weighted by Crippen LogP contribution is -2.66. The molecule has 3 aromatic rings. The summed E-state index contributed by atoms with van der Waals surface area (Å²) in [7, 11) is -2.54. The van der Waals surface area contributed by atoms with Crippen molar-refractivity contribution in [1.82, 2.24) is 0 Å². The molecule has 0 heterocycles. The Balaban J connectivity index is 0.993. The van der Waals surface area contributed by atoms with Crippen LogP contribution in [0, 0.1) is 0 Å². The van der Waals surface area contributed by atoms with E-state index in [1.165, 1.54) is 10.4 Å². The molecule has 0 unspecified atom stereocenters. The van der Waals surface area contributed by atoms with Crippen molar-refractivity contribution in [3.05, 3.63) is 84.9 Å². The van der Waals surface area contributed by atoms with Crippen molar-refractivity contribution in [1.29, 1.82) is 0 Å². The maximum absolute atomic E-state index is 6.85. The average molecular weight is 832 g/mol. The van der Waals surface area contributed by atoms with Crippen LogP contribution in [0.15, 0.2) is 84.9 Å². The van der Waals surface area contributed by atoms with Gasteiger partial charge in [0, 0.05) is 5.69 Å². The van der Waals surface area contributed by atoms with Gasteiger partial charge in [0.1, 0.15) is 12.4 Å². The second-order valence-corrected chi connectivity index (χ2v) is 18.4. The third-order valence-corrected chi connectivity index (χ3v) is 13.7. The quantitative estimate of drug-likeness (QED) is 0.0501. The highest BCUT2D eigenvalue weighted by molar-refractivity contribution is 6.99. The smallest absolute Gasteiger partial charge is 0.261 e.